The molecule has 0 aliphatic rings. The summed E-state index contributed by atoms with van der Waals surface area (Å²) in [4.78, 5) is 44.4. The van der Waals surface area contributed by atoms with Crippen LogP contribution in [0.5, 0.6) is 0 Å². The van der Waals surface area contributed by atoms with Crippen LogP contribution >= 0.6 is 0 Å². The van der Waals surface area contributed by atoms with Gasteiger partial charge in [-0.3, -0.25) is 20.2 Å². The Morgan fingerprint density at radius 3 is 1.24 bits per heavy atom. The summed E-state index contributed by atoms with van der Waals surface area (Å²) >= 11 is 0. The van der Waals surface area contributed by atoms with Gasteiger partial charge in [-0.15, -0.1) is 9.81 Å². The number of anilines is 2. The molecule has 14 nitrogen and oxygen atoms in total. The molecule has 15 heteroatoms. The van der Waals surface area contributed by atoms with Crippen LogP contribution in [0.4, 0.5) is 22.7 Å². The first-order chi connectivity index (χ1) is 21.6. The number of benzene rings is 2. The second-order valence-corrected chi connectivity index (χ2v) is 12.9. The number of nitroso groups, excluding NO2 is 2. The smallest absolute Gasteiger partial charge is 0.258 e. The number of nitro benzene ring substituents is 2. The molecule has 2 rings (SSSR count). The van der Waals surface area contributed by atoms with Crippen molar-refractivity contribution in [2.24, 2.45) is 10.6 Å². The summed E-state index contributed by atoms with van der Waals surface area (Å²) in [5.74, 6) is 0. The van der Waals surface area contributed by atoms with Crippen molar-refractivity contribution in [1.29, 1.82) is 0 Å². The summed E-state index contributed by atoms with van der Waals surface area (Å²) in [6.45, 7) is 4.49. The van der Waals surface area contributed by atoms with Crippen molar-refractivity contribution in [3.05, 3.63) is 66.4 Å². The van der Waals surface area contributed by atoms with Gasteiger partial charge in [0.1, 0.15) is 11.4 Å². The third-order valence-electron chi connectivity index (χ3n) is 7.61. The van der Waals surface area contributed by atoms with Crippen LogP contribution in [0.1, 0.15) is 104 Å². The van der Waals surface area contributed by atoms with E-state index in [-0.39, 0.29) is 24.5 Å². The zero-order valence-corrected chi connectivity index (χ0v) is 27.0. The lowest BCUT2D eigenvalue weighted by molar-refractivity contribution is -0.384. The highest BCUT2D eigenvalue weighted by molar-refractivity contribution is 7.91. The Balaban J connectivity index is 2.27. The van der Waals surface area contributed by atoms with Crippen molar-refractivity contribution in [3.8, 4) is 0 Å². The SMILES string of the molecule is CCCCCCCCCN(N=O)c1ccc(S(=O)(=O)c2ccc(N(CCCCCCCCC)N=O)c([N+](=O)[O-])c2)cc1[N+](=O)[O-]. The molecule has 0 aliphatic carbocycles. The lowest BCUT2D eigenvalue weighted by Gasteiger charge is -2.17. The molecule has 45 heavy (non-hydrogen) atoms. The van der Waals surface area contributed by atoms with Gasteiger partial charge in [0.05, 0.1) is 30.2 Å². The minimum atomic E-state index is -4.48. The van der Waals surface area contributed by atoms with Crippen molar-refractivity contribution in [2.75, 3.05) is 23.1 Å². The molecule has 0 amide bonds. The Labute approximate surface area is 264 Å². The van der Waals surface area contributed by atoms with Gasteiger partial charge in [0, 0.05) is 25.2 Å². The molecule has 0 aromatic heterocycles. The fourth-order valence-electron chi connectivity index (χ4n) is 5.05. The largest absolute Gasteiger partial charge is 0.295 e. The molecule has 0 radical (unpaired) electrons. The van der Waals surface area contributed by atoms with E-state index >= 15 is 0 Å². The van der Waals surface area contributed by atoms with Crippen LogP contribution in [0.25, 0.3) is 0 Å². The lowest BCUT2D eigenvalue weighted by Crippen LogP contribution is -2.19. The Morgan fingerprint density at radius 2 is 0.933 bits per heavy atom. The molecule has 2 aromatic carbocycles. The number of sulfone groups is 1. The fraction of sp³-hybridized carbons (Fsp3) is 0.600. The zero-order chi connectivity index (χ0) is 33.2. The standard InChI is InChI=1S/C30H44N6O8S/c1-3-5-7-9-11-13-15-21-33(31-37)27-19-17-25(23-29(27)35(39)40)45(43,44)26-18-20-28(30(24-26)36(41)42)34(32-38)22-16-14-12-10-8-6-4-2/h17-20,23-24H,3-16,21-22H2,1-2H3. The number of nitro groups is 2. The number of rotatable bonds is 24. The summed E-state index contributed by atoms with van der Waals surface area (Å²) in [7, 11) is -4.48. The van der Waals surface area contributed by atoms with Gasteiger partial charge in [-0.25, -0.2) is 18.4 Å². The van der Waals surface area contributed by atoms with Crippen molar-refractivity contribution in [2.45, 2.75) is 114 Å². The predicted octanol–water partition coefficient (Wildman–Crippen LogP) is 8.81. The maximum atomic E-state index is 13.5. The first kappa shape index (κ1) is 37.2. The summed E-state index contributed by atoms with van der Waals surface area (Å²) in [5, 5.41) is 31.5. The maximum Gasteiger partial charge on any atom is 0.295 e. The second-order valence-electron chi connectivity index (χ2n) is 11.0. The number of hydrogen-bond acceptors (Lipinski definition) is 10. The lowest BCUT2D eigenvalue weighted by atomic mass is 10.1. The molecule has 0 saturated heterocycles. The van der Waals surface area contributed by atoms with Gasteiger partial charge < -0.3 is 0 Å². The quantitative estimate of drug-likeness (QED) is 0.0460. The summed E-state index contributed by atoms with van der Waals surface area (Å²) in [5.41, 5.74) is -1.59. The van der Waals surface area contributed by atoms with Crippen LogP contribution in [-0.4, -0.2) is 31.4 Å². The number of hydrogen-bond donors (Lipinski definition) is 0. The van der Waals surface area contributed by atoms with Gasteiger partial charge in [-0.05, 0) is 37.1 Å². The molecule has 0 bridgehead atoms. The molecule has 0 fully saturated rings. The van der Waals surface area contributed by atoms with E-state index in [1.807, 2.05) is 0 Å². The minimum absolute atomic E-state index is 0.123. The highest BCUT2D eigenvalue weighted by Gasteiger charge is 2.29. The third kappa shape index (κ3) is 11.1. The summed E-state index contributed by atoms with van der Waals surface area (Å²) in [6, 6.07) is 6.09. The normalized spacial score (nSPS) is 11.2. The average Bonchev–Trinajstić information content (AvgIpc) is 3.03. The predicted molar refractivity (Wildman–Crippen MR) is 174 cm³/mol. The maximum absolute atomic E-state index is 13.5. The molecule has 0 saturated carbocycles. The first-order valence-corrected chi connectivity index (χ1v) is 17.1. The molecular weight excluding hydrogens is 604 g/mol. The third-order valence-corrected chi connectivity index (χ3v) is 9.36. The Hall–Kier alpha value is -4.01. The highest BCUT2D eigenvalue weighted by Crippen LogP contribution is 2.36. The van der Waals surface area contributed by atoms with Crippen LogP contribution in [0, 0.1) is 30.0 Å². The Bertz CT molecular complexity index is 1290. The van der Waals surface area contributed by atoms with Gasteiger partial charge in [-0.2, -0.15) is 0 Å². The van der Waals surface area contributed by atoms with E-state index in [0.717, 1.165) is 123 Å². The molecule has 0 unspecified atom stereocenters. The Kier molecular flexibility index (Phi) is 16.0. The minimum Gasteiger partial charge on any atom is -0.258 e. The van der Waals surface area contributed by atoms with Crippen molar-refractivity contribution >= 4 is 32.6 Å². The van der Waals surface area contributed by atoms with Gasteiger partial charge in [0.15, 0.2) is 0 Å². The van der Waals surface area contributed by atoms with E-state index in [2.05, 4.69) is 24.4 Å². The van der Waals surface area contributed by atoms with E-state index in [0.29, 0.717) is 12.8 Å². The van der Waals surface area contributed by atoms with E-state index in [4.69, 9.17) is 0 Å². The van der Waals surface area contributed by atoms with Gasteiger partial charge in [0.2, 0.25) is 9.84 Å². The van der Waals surface area contributed by atoms with Gasteiger partial charge >= 0.3 is 0 Å². The van der Waals surface area contributed by atoms with E-state index in [9.17, 15) is 38.5 Å². The molecule has 248 valence electrons. The van der Waals surface area contributed by atoms with Gasteiger partial charge in [-0.1, -0.05) is 90.9 Å². The van der Waals surface area contributed by atoms with Crippen molar-refractivity contribution in [3.63, 3.8) is 0 Å². The van der Waals surface area contributed by atoms with E-state index < -0.39 is 40.8 Å². The van der Waals surface area contributed by atoms with E-state index in [1.54, 1.807) is 0 Å². The van der Waals surface area contributed by atoms with Crippen molar-refractivity contribution < 1.29 is 18.3 Å². The topological polar surface area (TPSA) is 186 Å². The highest BCUT2D eigenvalue weighted by atomic mass is 32.2. The van der Waals surface area contributed by atoms with Crippen LogP contribution in [-0.2, 0) is 9.84 Å². The van der Waals surface area contributed by atoms with Crippen LogP contribution in [0.3, 0.4) is 0 Å². The monoisotopic (exact) mass is 648 g/mol. The molecule has 0 spiro atoms. The molecule has 0 aliphatic heterocycles. The number of nitrogens with zero attached hydrogens (tertiary/aromatic N) is 6. The molecule has 0 atom stereocenters. The molecular formula is C30H44N6O8S. The average molecular weight is 649 g/mol. The van der Waals surface area contributed by atoms with Crippen LogP contribution < -0.4 is 10.0 Å². The first-order valence-electron chi connectivity index (χ1n) is 15.7. The molecule has 0 heterocycles. The fourth-order valence-corrected chi connectivity index (χ4v) is 6.35. The van der Waals surface area contributed by atoms with Crippen molar-refractivity contribution in [1.82, 2.24) is 0 Å². The van der Waals surface area contributed by atoms with Crippen LogP contribution in [0.2, 0.25) is 0 Å². The Morgan fingerprint density at radius 1 is 0.600 bits per heavy atom. The molecule has 0 N–H and O–H groups in total. The zero-order valence-electron chi connectivity index (χ0n) is 26.1. The molecule has 2 aromatic rings. The van der Waals surface area contributed by atoms with Gasteiger partial charge in [0.25, 0.3) is 11.4 Å². The van der Waals surface area contributed by atoms with E-state index in [1.165, 1.54) is 0 Å². The van der Waals surface area contributed by atoms with Crippen LogP contribution in [0.15, 0.2) is 56.8 Å². The summed E-state index contributed by atoms with van der Waals surface area (Å²) in [6.07, 6.45) is 13.5. The second kappa shape index (κ2) is 19.4. The summed E-state index contributed by atoms with van der Waals surface area (Å²) < 4.78 is 27.0. The number of unbranched alkanes of at least 4 members (excludes halogenated alkanes) is 12.